The van der Waals surface area contributed by atoms with Gasteiger partial charge in [0.1, 0.15) is 0 Å². The number of hydrogen-bond acceptors (Lipinski definition) is 2. The van der Waals surface area contributed by atoms with Gasteiger partial charge in [0, 0.05) is 19.2 Å². The van der Waals surface area contributed by atoms with Gasteiger partial charge in [-0.25, -0.2) is 0 Å². The van der Waals surface area contributed by atoms with Gasteiger partial charge in [-0.15, -0.1) is 0 Å². The third-order valence-corrected chi connectivity index (χ3v) is 2.72. The molecule has 1 aliphatic rings. The summed E-state index contributed by atoms with van der Waals surface area (Å²) in [5, 5.41) is 3.46. The summed E-state index contributed by atoms with van der Waals surface area (Å²) in [4.78, 5) is 0. The van der Waals surface area contributed by atoms with Crippen LogP contribution in [0.25, 0.3) is 5.57 Å². The zero-order valence-electron chi connectivity index (χ0n) is 8.91. The average Bonchev–Trinajstić information content (AvgIpc) is 2.80. The number of nitrogens with one attached hydrogen (secondary N) is 1. The van der Waals surface area contributed by atoms with Gasteiger partial charge in [0.15, 0.2) is 0 Å². The molecule has 1 N–H and O–H groups in total. The molecular weight excluding hydrogens is 186 g/mol. The molecule has 1 aromatic rings. The summed E-state index contributed by atoms with van der Waals surface area (Å²) in [6.45, 7) is 6.65. The van der Waals surface area contributed by atoms with Crippen molar-refractivity contribution in [3.8, 4) is 0 Å². The van der Waals surface area contributed by atoms with Crippen molar-refractivity contribution >= 4 is 5.57 Å². The Morgan fingerprint density at radius 1 is 1.40 bits per heavy atom. The molecule has 0 bridgehead atoms. The largest absolute Gasteiger partial charge is 0.380 e. The molecule has 0 radical (unpaired) electrons. The van der Waals surface area contributed by atoms with Gasteiger partial charge >= 0.3 is 0 Å². The van der Waals surface area contributed by atoms with Crippen LogP contribution >= 0.6 is 0 Å². The van der Waals surface area contributed by atoms with E-state index in [-0.39, 0.29) is 0 Å². The first-order chi connectivity index (χ1) is 7.36. The normalized spacial score (nSPS) is 20.4. The van der Waals surface area contributed by atoms with Crippen molar-refractivity contribution in [1.82, 2.24) is 5.32 Å². The lowest BCUT2D eigenvalue weighted by molar-refractivity contribution is 0.190. The fraction of sp³-hybridized carbons (Fsp3) is 0.385. The molecule has 1 saturated heterocycles. The van der Waals surface area contributed by atoms with Crippen LogP contribution in [0.3, 0.4) is 0 Å². The standard InChI is InChI=1S/C13H17NO/c1-11(12-5-3-2-4-6-12)9-14-13-7-8-15-10-13/h2-6,13-14H,1,7-10H2. The van der Waals surface area contributed by atoms with E-state index in [1.165, 1.54) is 5.56 Å². The van der Waals surface area contributed by atoms with Gasteiger partial charge in [0.05, 0.1) is 6.61 Å². The van der Waals surface area contributed by atoms with Crippen LogP contribution in [0.4, 0.5) is 0 Å². The van der Waals surface area contributed by atoms with E-state index in [9.17, 15) is 0 Å². The van der Waals surface area contributed by atoms with Crippen molar-refractivity contribution in [1.29, 1.82) is 0 Å². The molecule has 2 nitrogen and oxygen atoms in total. The predicted octanol–water partition coefficient (Wildman–Crippen LogP) is 2.08. The molecular formula is C13H17NO. The molecule has 0 amide bonds. The Balaban J connectivity index is 1.82. The van der Waals surface area contributed by atoms with Crippen LogP contribution in [0.1, 0.15) is 12.0 Å². The maximum Gasteiger partial charge on any atom is 0.0620 e. The molecule has 1 unspecified atom stereocenters. The van der Waals surface area contributed by atoms with Crippen LogP contribution in [-0.4, -0.2) is 25.8 Å². The zero-order valence-corrected chi connectivity index (χ0v) is 8.91. The van der Waals surface area contributed by atoms with E-state index in [1.807, 2.05) is 18.2 Å². The molecule has 2 rings (SSSR count). The van der Waals surface area contributed by atoms with Crippen molar-refractivity contribution in [2.75, 3.05) is 19.8 Å². The smallest absolute Gasteiger partial charge is 0.0620 e. The lowest BCUT2D eigenvalue weighted by Gasteiger charge is -2.12. The van der Waals surface area contributed by atoms with Crippen LogP contribution < -0.4 is 5.32 Å². The van der Waals surface area contributed by atoms with E-state index in [0.29, 0.717) is 6.04 Å². The molecule has 0 aromatic heterocycles. The number of benzene rings is 1. The first-order valence-electron chi connectivity index (χ1n) is 5.40. The van der Waals surface area contributed by atoms with E-state index in [1.54, 1.807) is 0 Å². The molecule has 1 heterocycles. The number of hydrogen-bond donors (Lipinski definition) is 1. The van der Waals surface area contributed by atoms with Crippen molar-refractivity contribution in [2.24, 2.45) is 0 Å². The second kappa shape index (κ2) is 5.10. The summed E-state index contributed by atoms with van der Waals surface area (Å²) in [6, 6.07) is 10.8. The van der Waals surface area contributed by atoms with Crippen LogP contribution in [0, 0.1) is 0 Å². The first-order valence-corrected chi connectivity index (χ1v) is 5.40. The monoisotopic (exact) mass is 203 g/mol. The molecule has 2 heteroatoms. The summed E-state index contributed by atoms with van der Waals surface area (Å²) in [7, 11) is 0. The van der Waals surface area contributed by atoms with E-state index in [4.69, 9.17) is 4.74 Å². The van der Waals surface area contributed by atoms with Crippen LogP contribution in [0.15, 0.2) is 36.9 Å². The molecule has 1 atom stereocenters. The quantitative estimate of drug-likeness (QED) is 0.809. The summed E-state index contributed by atoms with van der Waals surface area (Å²) in [5.41, 5.74) is 2.35. The molecule has 1 fully saturated rings. The molecule has 0 spiro atoms. The highest BCUT2D eigenvalue weighted by atomic mass is 16.5. The minimum absolute atomic E-state index is 0.505. The predicted molar refractivity (Wildman–Crippen MR) is 62.7 cm³/mol. The second-order valence-corrected chi connectivity index (χ2v) is 3.91. The fourth-order valence-electron chi connectivity index (χ4n) is 1.74. The molecule has 1 aliphatic heterocycles. The topological polar surface area (TPSA) is 21.3 Å². The van der Waals surface area contributed by atoms with E-state index < -0.39 is 0 Å². The van der Waals surface area contributed by atoms with Gasteiger partial charge in [-0.05, 0) is 17.6 Å². The molecule has 15 heavy (non-hydrogen) atoms. The van der Waals surface area contributed by atoms with Gasteiger partial charge in [0.25, 0.3) is 0 Å². The van der Waals surface area contributed by atoms with Crippen LogP contribution in [0.5, 0.6) is 0 Å². The third-order valence-electron chi connectivity index (χ3n) is 2.72. The van der Waals surface area contributed by atoms with Crippen molar-refractivity contribution < 1.29 is 4.74 Å². The maximum absolute atomic E-state index is 5.30. The molecule has 0 aliphatic carbocycles. The SMILES string of the molecule is C=C(CNC1CCOC1)c1ccccc1. The third kappa shape index (κ3) is 2.91. The average molecular weight is 203 g/mol. The highest BCUT2D eigenvalue weighted by Crippen LogP contribution is 2.11. The lowest BCUT2D eigenvalue weighted by Crippen LogP contribution is -2.30. The first kappa shape index (κ1) is 10.4. The van der Waals surface area contributed by atoms with Crippen LogP contribution in [0.2, 0.25) is 0 Å². The molecule has 1 aromatic carbocycles. The Hall–Kier alpha value is -1.12. The van der Waals surface area contributed by atoms with Crippen LogP contribution in [-0.2, 0) is 4.74 Å². The maximum atomic E-state index is 5.30. The summed E-state index contributed by atoms with van der Waals surface area (Å²) in [6.07, 6.45) is 1.11. The van der Waals surface area contributed by atoms with Gasteiger partial charge < -0.3 is 10.1 Å². The van der Waals surface area contributed by atoms with E-state index in [2.05, 4.69) is 24.0 Å². The summed E-state index contributed by atoms with van der Waals surface area (Å²) >= 11 is 0. The summed E-state index contributed by atoms with van der Waals surface area (Å²) in [5.74, 6) is 0. The highest BCUT2D eigenvalue weighted by molar-refractivity contribution is 5.64. The fourth-order valence-corrected chi connectivity index (χ4v) is 1.74. The minimum atomic E-state index is 0.505. The zero-order chi connectivity index (χ0) is 10.5. The lowest BCUT2D eigenvalue weighted by atomic mass is 10.1. The minimum Gasteiger partial charge on any atom is -0.380 e. The van der Waals surface area contributed by atoms with Crippen molar-refractivity contribution in [2.45, 2.75) is 12.5 Å². The molecule has 80 valence electrons. The number of ether oxygens (including phenoxy) is 1. The second-order valence-electron chi connectivity index (χ2n) is 3.91. The Kier molecular flexibility index (Phi) is 3.54. The van der Waals surface area contributed by atoms with Crippen molar-refractivity contribution in [3.63, 3.8) is 0 Å². The Labute approximate surface area is 91.0 Å². The number of rotatable bonds is 4. The van der Waals surface area contributed by atoms with E-state index >= 15 is 0 Å². The van der Waals surface area contributed by atoms with Gasteiger partial charge in [-0.1, -0.05) is 36.9 Å². The van der Waals surface area contributed by atoms with Crippen molar-refractivity contribution in [3.05, 3.63) is 42.5 Å². The van der Waals surface area contributed by atoms with Gasteiger partial charge in [-0.2, -0.15) is 0 Å². The van der Waals surface area contributed by atoms with E-state index in [0.717, 1.165) is 31.8 Å². The Morgan fingerprint density at radius 2 is 2.20 bits per heavy atom. The van der Waals surface area contributed by atoms with Gasteiger partial charge in [0.2, 0.25) is 0 Å². The Bertz CT molecular complexity index is 315. The highest BCUT2D eigenvalue weighted by Gasteiger charge is 2.14. The van der Waals surface area contributed by atoms with Gasteiger partial charge in [-0.3, -0.25) is 0 Å². The summed E-state index contributed by atoms with van der Waals surface area (Å²) < 4.78 is 5.30. The molecule has 0 saturated carbocycles. The Morgan fingerprint density at radius 3 is 2.87 bits per heavy atom.